The zero-order valence-corrected chi connectivity index (χ0v) is 14.0. The summed E-state index contributed by atoms with van der Waals surface area (Å²) in [6.45, 7) is 4.49. The van der Waals surface area contributed by atoms with E-state index in [1.54, 1.807) is 11.8 Å². The molecule has 0 bridgehead atoms. The predicted molar refractivity (Wildman–Crippen MR) is 88.8 cm³/mol. The van der Waals surface area contributed by atoms with Crippen molar-refractivity contribution in [2.75, 3.05) is 5.75 Å². The number of rotatable bonds is 14. The van der Waals surface area contributed by atoms with Crippen LogP contribution in [0.25, 0.3) is 0 Å². The Labute approximate surface area is 125 Å². The maximum Gasteiger partial charge on any atom is 0.188 e. The standard InChI is InChI=1S/C17H34OS/c1-3-5-7-9-11-13-15-17(18)19-16-14-12-10-8-6-4-2/h3-16H2,1-2H3. The lowest BCUT2D eigenvalue weighted by atomic mass is 10.1. The Morgan fingerprint density at radius 1 is 0.684 bits per heavy atom. The smallest absolute Gasteiger partial charge is 0.188 e. The molecule has 0 radical (unpaired) electrons. The highest BCUT2D eigenvalue weighted by molar-refractivity contribution is 8.13. The van der Waals surface area contributed by atoms with Gasteiger partial charge in [0.25, 0.3) is 0 Å². The van der Waals surface area contributed by atoms with Gasteiger partial charge in [-0.25, -0.2) is 0 Å². The lowest BCUT2D eigenvalue weighted by Gasteiger charge is -2.02. The van der Waals surface area contributed by atoms with Gasteiger partial charge >= 0.3 is 0 Å². The number of carbonyl (C=O) groups is 1. The molecule has 0 spiro atoms. The van der Waals surface area contributed by atoms with Crippen LogP contribution in [0.2, 0.25) is 0 Å². The lowest BCUT2D eigenvalue weighted by Crippen LogP contribution is -1.94. The van der Waals surface area contributed by atoms with E-state index in [9.17, 15) is 4.79 Å². The maximum atomic E-state index is 11.6. The molecule has 0 aromatic carbocycles. The predicted octanol–water partition coefficient (Wildman–Crippen LogP) is 6.36. The third kappa shape index (κ3) is 16.0. The second kappa shape index (κ2) is 16.1. The second-order valence-corrected chi connectivity index (χ2v) is 6.66. The van der Waals surface area contributed by atoms with Crippen molar-refractivity contribution in [2.45, 2.75) is 97.3 Å². The zero-order valence-electron chi connectivity index (χ0n) is 13.2. The van der Waals surface area contributed by atoms with E-state index in [0.29, 0.717) is 5.12 Å². The Morgan fingerprint density at radius 2 is 1.16 bits per heavy atom. The van der Waals surface area contributed by atoms with Gasteiger partial charge in [-0.3, -0.25) is 4.79 Å². The Morgan fingerprint density at radius 3 is 1.74 bits per heavy atom. The van der Waals surface area contributed by atoms with E-state index in [0.717, 1.165) is 18.6 Å². The molecular formula is C17H34OS. The van der Waals surface area contributed by atoms with Gasteiger partial charge in [0.2, 0.25) is 0 Å². The van der Waals surface area contributed by atoms with Crippen molar-refractivity contribution in [2.24, 2.45) is 0 Å². The van der Waals surface area contributed by atoms with Crippen molar-refractivity contribution in [3.8, 4) is 0 Å². The summed E-state index contributed by atoms with van der Waals surface area (Å²) in [6.07, 6.45) is 16.4. The van der Waals surface area contributed by atoms with Crippen LogP contribution in [-0.2, 0) is 4.79 Å². The van der Waals surface area contributed by atoms with E-state index < -0.39 is 0 Å². The van der Waals surface area contributed by atoms with Crippen LogP contribution in [0.3, 0.4) is 0 Å². The first-order chi connectivity index (χ1) is 9.31. The number of thioether (sulfide) groups is 1. The van der Waals surface area contributed by atoms with Gasteiger partial charge in [-0.05, 0) is 12.8 Å². The Hall–Kier alpha value is 0.0200. The van der Waals surface area contributed by atoms with E-state index in [2.05, 4.69) is 13.8 Å². The molecule has 19 heavy (non-hydrogen) atoms. The molecule has 114 valence electrons. The number of unbranched alkanes of at least 4 members (excludes halogenated alkanes) is 10. The molecule has 0 fully saturated rings. The summed E-state index contributed by atoms with van der Waals surface area (Å²) in [5.41, 5.74) is 0. The molecule has 2 heteroatoms. The van der Waals surface area contributed by atoms with E-state index in [4.69, 9.17) is 0 Å². The summed E-state index contributed by atoms with van der Waals surface area (Å²) in [5, 5.41) is 0.420. The zero-order chi connectivity index (χ0) is 14.2. The van der Waals surface area contributed by atoms with Gasteiger partial charge in [-0.15, -0.1) is 0 Å². The maximum absolute atomic E-state index is 11.6. The number of carbonyl (C=O) groups excluding carboxylic acids is 1. The van der Waals surface area contributed by atoms with Gasteiger partial charge in [0.15, 0.2) is 5.12 Å². The van der Waals surface area contributed by atoms with Crippen molar-refractivity contribution >= 4 is 16.9 Å². The molecule has 0 aliphatic heterocycles. The summed E-state index contributed by atoms with van der Waals surface area (Å²) >= 11 is 1.57. The van der Waals surface area contributed by atoms with Crippen molar-refractivity contribution in [1.82, 2.24) is 0 Å². The third-order valence-electron chi connectivity index (χ3n) is 3.50. The van der Waals surface area contributed by atoms with Crippen LogP contribution < -0.4 is 0 Å². The summed E-state index contributed by atoms with van der Waals surface area (Å²) in [6, 6.07) is 0. The summed E-state index contributed by atoms with van der Waals surface area (Å²) in [4.78, 5) is 11.6. The molecule has 0 amide bonds. The van der Waals surface area contributed by atoms with Crippen LogP contribution in [0.15, 0.2) is 0 Å². The number of hydrogen-bond donors (Lipinski definition) is 0. The van der Waals surface area contributed by atoms with E-state index in [-0.39, 0.29) is 0 Å². The van der Waals surface area contributed by atoms with Crippen LogP contribution in [-0.4, -0.2) is 10.9 Å². The molecule has 0 unspecified atom stereocenters. The van der Waals surface area contributed by atoms with E-state index >= 15 is 0 Å². The molecule has 0 atom stereocenters. The normalized spacial score (nSPS) is 10.8. The molecule has 0 rings (SSSR count). The minimum absolute atomic E-state index is 0.420. The van der Waals surface area contributed by atoms with Crippen LogP contribution in [0.5, 0.6) is 0 Å². The Balaban J connectivity index is 3.13. The molecule has 1 nitrogen and oxygen atoms in total. The first kappa shape index (κ1) is 19.0. The molecule has 0 aliphatic carbocycles. The quantitative estimate of drug-likeness (QED) is 0.346. The topological polar surface area (TPSA) is 17.1 Å². The fourth-order valence-electron chi connectivity index (χ4n) is 2.19. The SMILES string of the molecule is CCCCCCCCSC(=O)CCCCCCCC. The largest absolute Gasteiger partial charge is 0.287 e. The third-order valence-corrected chi connectivity index (χ3v) is 4.51. The van der Waals surface area contributed by atoms with Gasteiger partial charge < -0.3 is 0 Å². The Kier molecular flexibility index (Phi) is 16.1. The Bertz CT molecular complexity index is 192. The van der Waals surface area contributed by atoms with Crippen molar-refractivity contribution in [3.63, 3.8) is 0 Å². The molecule has 0 saturated carbocycles. The van der Waals surface area contributed by atoms with Crippen LogP contribution in [0.4, 0.5) is 0 Å². The monoisotopic (exact) mass is 286 g/mol. The van der Waals surface area contributed by atoms with Gasteiger partial charge in [-0.2, -0.15) is 0 Å². The first-order valence-corrected chi connectivity index (χ1v) is 9.45. The van der Waals surface area contributed by atoms with E-state index in [1.807, 2.05) is 0 Å². The summed E-state index contributed by atoms with van der Waals surface area (Å²) < 4.78 is 0. The van der Waals surface area contributed by atoms with Gasteiger partial charge in [-0.1, -0.05) is 89.8 Å². The first-order valence-electron chi connectivity index (χ1n) is 8.46. The molecule has 0 saturated heterocycles. The van der Waals surface area contributed by atoms with Crippen LogP contribution in [0, 0.1) is 0 Å². The van der Waals surface area contributed by atoms with Gasteiger partial charge in [0.05, 0.1) is 0 Å². The summed E-state index contributed by atoms with van der Waals surface area (Å²) in [5.74, 6) is 1.04. The average molecular weight is 287 g/mol. The number of hydrogen-bond acceptors (Lipinski definition) is 2. The highest BCUT2D eigenvalue weighted by atomic mass is 32.2. The average Bonchev–Trinajstić information content (AvgIpc) is 2.41. The molecule has 0 N–H and O–H groups in total. The van der Waals surface area contributed by atoms with Crippen LogP contribution in [0.1, 0.15) is 97.3 Å². The molecule has 0 aromatic heterocycles. The van der Waals surface area contributed by atoms with Crippen LogP contribution >= 0.6 is 11.8 Å². The highest BCUT2D eigenvalue weighted by Gasteiger charge is 2.02. The van der Waals surface area contributed by atoms with Crippen molar-refractivity contribution in [3.05, 3.63) is 0 Å². The lowest BCUT2D eigenvalue weighted by molar-refractivity contribution is -0.111. The van der Waals surface area contributed by atoms with Gasteiger partial charge in [0.1, 0.15) is 0 Å². The second-order valence-electron chi connectivity index (χ2n) is 5.51. The molecule has 0 aliphatic rings. The van der Waals surface area contributed by atoms with Crippen molar-refractivity contribution in [1.29, 1.82) is 0 Å². The van der Waals surface area contributed by atoms with E-state index in [1.165, 1.54) is 70.6 Å². The highest BCUT2D eigenvalue weighted by Crippen LogP contribution is 2.14. The molecule has 0 heterocycles. The molecular weight excluding hydrogens is 252 g/mol. The fourth-order valence-corrected chi connectivity index (χ4v) is 3.06. The molecule has 0 aromatic rings. The summed E-state index contributed by atoms with van der Waals surface area (Å²) in [7, 11) is 0. The minimum Gasteiger partial charge on any atom is -0.287 e. The van der Waals surface area contributed by atoms with Crippen molar-refractivity contribution < 1.29 is 4.79 Å². The minimum atomic E-state index is 0.420. The van der Waals surface area contributed by atoms with Gasteiger partial charge in [0, 0.05) is 12.2 Å². The fraction of sp³-hybridized carbons (Fsp3) is 0.941.